The average Bonchev–Trinajstić information content (AvgIpc) is 3.51. The van der Waals surface area contributed by atoms with E-state index in [0.29, 0.717) is 40.7 Å². The van der Waals surface area contributed by atoms with Crippen LogP contribution in [0.15, 0.2) is 60.4 Å². The topological polar surface area (TPSA) is 125 Å². The quantitative estimate of drug-likeness (QED) is 0.224. The van der Waals surface area contributed by atoms with Crippen LogP contribution in [0, 0.1) is 0 Å². The average molecular weight is 501 g/mol. The van der Waals surface area contributed by atoms with Gasteiger partial charge in [-0.3, -0.25) is 10.1 Å². The fourth-order valence-electron chi connectivity index (χ4n) is 4.00. The molecule has 0 atom stereocenters. The Hall–Kier alpha value is -4.44. The summed E-state index contributed by atoms with van der Waals surface area (Å²) in [6.45, 7) is 0.477. The van der Waals surface area contributed by atoms with Gasteiger partial charge in [0.2, 0.25) is 11.9 Å². The summed E-state index contributed by atoms with van der Waals surface area (Å²) in [5, 5.41) is 16.5. The number of hydrogen-bond acceptors (Lipinski definition) is 7. The first-order valence-electron chi connectivity index (χ1n) is 11.5. The highest BCUT2D eigenvalue weighted by atomic mass is 35.5. The van der Waals surface area contributed by atoms with Crippen LogP contribution < -0.4 is 21.3 Å². The SMILES string of the molecule is O=C1NC(=O)/C(=C/c2cnn3c(NC4CC4)nc(NCc4ccccc4-c4cccc(Cl)c4)nc23)N1. The maximum absolute atomic E-state index is 12.0. The van der Waals surface area contributed by atoms with Crippen LogP contribution in [0.5, 0.6) is 0 Å². The van der Waals surface area contributed by atoms with Crippen molar-refractivity contribution in [1.82, 2.24) is 30.2 Å². The van der Waals surface area contributed by atoms with Crippen molar-refractivity contribution in [3.63, 3.8) is 0 Å². The number of rotatable bonds is 7. The van der Waals surface area contributed by atoms with E-state index in [4.69, 9.17) is 11.6 Å². The molecule has 3 heterocycles. The predicted molar refractivity (Wildman–Crippen MR) is 136 cm³/mol. The number of anilines is 2. The minimum atomic E-state index is -0.561. The lowest BCUT2D eigenvalue weighted by atomic mass is 10.00. The Bertz CT molecular complexity index is 1540. The van der Waals surface area contributed by atoms with Crippen molar-refractivity contribution >= 4 is 47.2 Å². The third-order valence-electron chi connectivity index (χ3n) is 5.92. The third kappa shape index (κ3) is 4.46. The van der Waals surface area contributed by atoms with Crippen LogP contribution in [0.25, 0.3) is 22.9 Å². The summed E-state index contributed by atoms with van der Waals surface area (Å²) in [6.07, 6.45) is 5.26. The fraction of sp³-hybridized carbons (Fsp3) is 0.160. The van der Waals surface area contributed by atoms with Crippen LogP contribution >= 0.6 is 11.6 Å². The summed E-state index contributed by atoms with van der Waals surface area (Å²) in [5.41, 5.74) is 4.35. The summed E-state index contributed by atoms with van der Waals surface area (Å²) in [6, 6.07) is 15.6. The molecule has 0 spiro atoms. The van der Waals surface area contributed by atoms with Gasteiger partial charge in [-0.15, -0.1) is 0 Å². The molecule has 2 aromatic carbocycles. The first-order valence-corrected chi connectivity index (χ1v) is 11.9. The van der Waals surface area contributed by atoms with Crippen LogP contribution in [0.3, 0.4) is 0 Å². The number of imide groups is 1. The highest BCUT2D eigenvalue weighted by Gasteiger charge is 2.26. The van der Waals surface area contributed by atoms with E-state index in [1.165, 1.54) is 0 Å². The highest BCUT2D eigenvalue weighted by Crippen LogP contribution is 2.28. The molecule has 11 heteroatoms. The first kappa shape index (κ1) is 22.1. The zero-order valence-electron chi connectivity index (χ0n) is 19.0. The number of aromatic nitrogens is 4. The predicted octanol–water partition coefficient (Wildman–Crippen LogP) is 3.81. The van der Waals surface area contributed by atoms with Crippen molar-refractivity contribution in [3.05, 3.63) is 76.6 Å². The van der Waals surface area contributed by atoms with E-state index in [0.717, 1.165) is 29.5 Å². The van der Waals surface area contributed by atoms with Crippen LogP contribution in [0.4, 0.5) is 16.7 Å². The van der Waals surface area contributed by atoms with Crippen LogP contribution in [-0.2, 0) is 11.3 Å². The van der Waals surface area contributed by atoms with E-state index >= 15 is 0 Å². The first-order chi connectivity index (χ1) is 17.5. The van der Waals surface area contributed by atoms with Crippen molar-refractivity contribution in [2.24, 2.45) is 0 Å². The van der Waals surface area contributed by atoms with Crippen molar-refractivity contribution in [1.29, 1.82) is 0 Å². The number of urea groups is 1. The molecule has 0 bridgehead atoms. The molecule has 2 aromatic heterocycles. The molecule has 10 nitrogen and oxygen atoms in total. The summed E-state index contributed by atoms with van der Waals surface area (Å²) >= 11 is 6.22. The van der Waals surface area contributed by atoms with Crippen LogP contribution in [-0.4, -0.2) is 37.6 Å². The fourth-order valence-corrected chi connectivity index (χ4v) is 4.19. The minimum absolute atomic E-state index is 0.134. The molecule has 4 aromatic rings. The summed E-state index contributed by atoms with van der Waals surface area (Å²) in [5.74, 6) is 0.463. The number of amides is 3. The molecule has 1 saturated heterocycles. The van der Waals surface area contributed by atoms with Crippen LogP contribution in [0.2, 0.25) is 5.02 Å². The lowest BCUT2D eigenvalue weighted by Crippen LogP contribution is -2.22. The second kappa shape index (κ2) is 8.97. The van der Waals surface area contributed by atoms with Crippen LogP contribution in [0.1, 0.15) is 24.0 Å². The molecule has 3 amide bonds. The normalized spacial score (nSPS) is 16.3. The van der Waals surface area contributed by atoms with Crippen molar-refractivity contribution in [3.8, 4) is 11.1 Å². The Balaban J connectivity index is 1.34. The minimum Gasteiger partial charge on any atom is -0.351 e. The standard InChI is InChI=1S/C25H21ClN8O2/c26-17-6-3-5-14(10-17)19-7-2-1-4-15(19)12-27-23-31-21-16(11-20-22(35)32-25(36)30-20)13-28-34(21)24(33-23)29-18-8-9-18/h1-7,10-11,13,18H,8-9,12H2,(H2,27,29,31,33)(H2,30,32,35,36)/b20-11-. The molecular formula is C25H21ClN8O2. The molecule has 2 aliphatic rings. The third-order valence-corrected chi connectivity index (χ3v) is 6.15. The smallest absolute Gasteiger partial charge is 0.326 e. The number of fused-ring (bicyclic) bond motifs is 1. The van der Waals surface area contributed by atoms with Gasteiger partial charge in [0.05, 0.1) is 6.20 Å². The number of nitrogens with one attached hydrogen (secondary N) is 4. The Morgan fingerprint density at radius 2 is 1.94 bits per heavy atom. The van der Waals surface area contributed by atoms with Gasteiger partial charge in [0.15, 0.2) is 5.65 Å². The van der Waals surface area contributed by atoms with E-state index in [1.54, 1.807) is 16.8 Å². The molecule has 0 unspecified atom stereocenters. The van der Waals surface area contributed by atoms with E-state index in [-0.39, 0.29) is 5.70 Å². The molecular weight excluding hydrogens is 480 g/mol. The van der Waals surface area contributed by atoms with Crippen molar-refractivity contribution < 1.29 is 9.59 Å². The molecule has 6 rings (SSSR count). The lowest BCUT2D eigenvalue weighted by Gasteiger charge is -2.13. The van der Waals surface area contributed by atoms with E-state index in [9.17, 15) is 9.59 Å². The van der Waals surface area contributed by atoms with E-state index < -0.39 is 11.9 Å². The Kier molecular flexibility index (Phi) is 5.49. The Morgan fingerprint density at radius 3 is 2.72 bits per heavy atom. The molecule has 0 radical (unpaired) electrons. The Morgan fingerprint density at radius 1 is 1.08 bits per heavy atom. The van der Waals surface area contributed by atoms with Gasteiger partial charge in [-0.25, -0.2) is 4.79 Å². The maximum Gasteiger partial charge on any atom is 0.326 e. The lowest BCUT2D eigenvalue weighted by molar-refractivity contribution is -0.115. The van der Waals surface area contributed by atoms with Gasteiger partial charge in [0.25, 0.3) is 5.91 Å². The molecule has 180 valence electrons. The number of benzene rings is 2. The summed E-state index contributed by atoms with van der Waals surface area (Å²) in [7, 11) is 0. The second-order valence-corrected chi connectivity index (χ2v) is 9.05. The number of hydrogen-bond donors (Lipinski definition) is 4. The largest absolute Gasteiger partial charge is 0.351 e. The van der Waals surface area contributed by atoms with Gasteiger partial charge < -0.3 is 16.0 Å². The number of nitrogens with zero attached hydrogens (tertiary/aromatic N) is 4. The molecule has 4 N–H and O–H groups in total. The number of halogens is 1. The van der Waals surface area contributed by atoms with E-state index in [2.05, 4.69) is 42.4 Å². The maximum atomic E-state index is 12.0. The monoisotopic (exact) mass is 500 g/mol. The van der Waals surface area contributed by atoms with Gasteiger partial charge in [0, 0.05) is 23.2 Å². The van der Waals surface area contributed by atoms with Gasteiger partial charge in [-0.05, 0) is 47.7 Å². The van der Waals surface area contributed by atoms with Gasteiger partial charge >= 0.3 is 6.03 Å². The number of carbonyl (C=O) groups is 2. The zero-order chi connectivity index (χ0) is 24.6. The van der Waals surface area contributed by atoms with Gasteiger partial charge in [-0.2, -0.15) is 19.6 Å². The second-order valence-electron chi connectivity index (χ2n) is 8.61. The van der Waals surface area contributed by atoms with E-state index in [1.807, 2.05) is 42.5 Å². The zero-order valence-corrected chi connectivity index (χ0v) is 19.7. The molecule has 2 fully saturated rings. The molecule has 36 heavy (non-hydrogen) atoms. The summed E-state index contributed by atoms with van der Waals surface area (Å²) in [4.78, 5) is 32.8. The number of carbonyl (C=O) groups excluding carboxylic acids is 2. The van der Waals surface area contributed by atoms with Crippen molar-refractivity contribution in [2.75, 3.05) is 10.6 Å². The molecule has 1 aliphatic heterocycles. The summed E-state index contributed by atoms with van der Waals surface area (Å²) < 4.78 is 1.60. The molecule has 1 saturated carbocycles. The molecule has 1 aliphatic carbocycles. The van der Waals surface area contributed by atoms with Gasteiger partial charge in [0.1, 0.15) is 5.70 Å². The van der Waals surface area contributed by atoms with Gasteiger partial charge in [-0.1, -0.05) is 48.0 Å². The Labute approximate surface area is 210 Å². The highest BCUT2D eigenvalue weighted by molar-refractivity contribution is 6.30. The van der Waals surface area contributed by atoms with Crippen molar-refractivity contribution in [2.45, 2.75) is 25.4 Å².